The Morgan fingerprint density at radius 1 is 1.19 bits per heavy atom. The summed E-state index contributed by atoms with van der Waals surface area (Å²) in [6.07, 6.45) is 4.71. The summed E-state index contributed by atoms with van der Waals surface area (Å²) in [4.78, 5) is 28.9. The van der Waals surface area contributed by atoms with Gasteiger partial charge < -0.3 is 10.1 Å². The van der Waals surface area contributed by atoms with Gasteiger partial charge in [0.05, 0.1) is 34.9 Å². The number of carbonyl (C=O) groups is 2. The third-order valence-electron chi connectivity index (χ3n) is 4.68. The number of esters is 1. The Bertz CT molecular complexity index is 1280. The Labute approximate surface area is 186 Å². The first-order valence-corrected chi connectivity index (χ1v) is 10.3. The largest absolute Gasteiger partial charge is 0.462 e. The number of ether oxygens (including phenoxy) is 1. The van der Waals surface area contributed by atoms with E-state index in [1.807, 2.05) is 25.1 Å². The molecule has 1 N–H and O–H groups in total. The third-order valence-corrected chi connectivity index (χ3v) is 5.45. The lowest BCUT2D eigenvalue weighted by molar-refractivity contribution is -0.116. The monoisotopic (exact) mass is 482 g/mol. The molecule has 3 heterocycles. The van der Waals surface area contributed by atoms with E-state index >= 15 is 0 Å². The molecule has 0 aliphatic heterocycles. The van der Waals surface area contributed by atoms with Gasteiger partial charge in [-0.05, 0) is 48.0 Å². The highest BCUT2D eigenvalue weighted by Gasteiger charge is 2.17. The lowest BCUT2D eigenvalue weighted by Gasteiger charge is -2.10. The number of benzene rings is 1. The predicted octanol–water partition coefficient (Wildman–Crippen LogP) is 3.48. The molecule has 10 heteroatoms. The number of amides is 1. The predicted molar refractivity (Wildman–Crippen MR) is 118 cm³/mol. The quantitative estimate of drug-likeness (QED) is 0.422. The van der Waals surface area contributed by atoms with Crippen LogP contribution in [-0.4, -0.2) is 42.9 Å². The van der Waals surface area contributed by atoms with E-state index in [1.54, 1.807) is 40.6 Å². The lowest BCUT2D eigenvalue weighted by Crippen LogP contribution is -2.20. The molecular formula is C21H19BrN6O3. The smallest absolute Gasteiger partial charge is 0.343 e. The van der Waals surface area contributed by atoms with Crippen LogP contribution in [0.5, 0.6) is 0 Å². The second kappa shape index (κ2) is 8.68. The first-order chi connectivity index (χ1) is 15.0. The van der Waals surface area contributed by atoms with Crippen molar-refractivity contribution in [2.24, 2.45) is 0 Å². The van der Waals surface area contributed by atoms with Gasteiger partial charge in [-0.1, -0.05) is 12.1 Å². The standard InChI is InChI=1S/C21H19BrN6O3/c1-3-31-21(30)16-10-25-28-18(7-8-23-20(16)28)14-5-4-6-15(9-14)26-19(29)12-27-13(2)17(22)11-24-27/h4-11H,3,12H2,1-2H3,(H,26,29). The molecule has 0 aliphatic rings. The summed E-state index contributed by atoms with van der Waals surface area (Å²) in [6.45, 7) is 4.00. The molecule has 31 heavy (non-hydrogen) atoms. The van der Waals surface area contributed by atoms with Crippen LogP contribution in [0.2, 0.25) is 0 Å². The van der Waals surface area contributed by atoms with E-state index in [-0.39, 0.29) is 19.1 Å². The van der Waals surface area contributed by atoms with E-state index < -0.39 is 5.97 Å². The average Bonchev–Trinajstić information content (AvgIpc) is 3.33. The number of nitrogens with one attached hydrogen (secondary N) is 1. The SMILES string of the molecule is CCOC(=O)c1cnn2c(-c3cccc(NC(=O)Cn4ncc(Br)c4C)c3)ccnc12. The van der Waals surface area contributed by atoms with Crippen molar-refractivity contribution < 1.29 is 14.3 Å². The molecule has 3 aromatic heterocycles. The molecule has 9 nitrogen and oxygen atoms in total. The Hall–Kier alpha value is -3.53. The van der Waals surface area contributed by atoms with Crippen LogP contribution < -0.4 is 5.32 Å². The molecule has 1 amide bonds. The van der Waals surface area contributed by atoms with Crippen molar-refractivity contribution in [2.45, 2.75) is 20.4 Å². The molecule has 4 aromatic rings. The maximum atomic E-state index is 12.5. The first kappa shape index (κ1) is 20.7. The highest BCUT2D eigenvalue weighted by Crippen LogP contribution is 2.24. The molecule has 1 aromatic carbocycles. The topological polar surface area (TPSA) is 103 Å². The number of hydrogen-bond donors (Lipinski definition) is 1. The molecule has 0 radical (unpaired) electrons. The van der Waals surface area contributed by atoms with Gasteiger partial charge in [0.1, 0.15) is 12.1 Å². The van der Waals surface area contributed by atoms with Crippen LogP contribution in [-0.2, 0) is 16.1 Å². The molecule has 0 unspecified atom stereocenters. The first-order valence-electron chi connectivity index (χ1n) is 9.56. The number of carbonyl (C=O) groups excluding carboxylic acids is 2. The van der Waals surface area contributed by atoms with Gasteiger partial charge in [0, 0.05) is 17.4 Å². The van der Waals surface area contributed by atoms with E-state index in [0.29, 0.717) is 16.9 Å². The minimum absolute atomic E-state index is 0.100. The molecular weight excluding hydrogens is 464 g/mol. The molecule has 0 atom stereocenters. The van der Waals surface area contributed by atoms with Gasteiger partial charge in [-0.2, -0.15) is 10.2 Å². The zero-order valence-electron chi connectivity index (χ0n) is 16.9. The summed E-state index contributed by atoms with van der Waals surface area (Å²) in [7, 11) is 0. The molecule has 0 saturated heterocycles. The Kier molecular flexibility index (Phi) is 5.81. The normalized spacial score (nSPS) is 10.9. The van der Waals surface area contributed by atoms with Gasteiger partial charge >= 0.3 is 5.97 Å². The van der Waals surface area contributed by atoms with Crippen LogP contribution in [0.1, 0.15) is 23.0 Å². The summed E-state index contributed by atoms with van der Waals surface area (Å²) in [5.41, 5.74) is 3.75. The van der Waals surface area contributed by atoms with Gasteiger partial charge in [-0.3, -0.25) is 9.48 Å². The molecule has 158 valence electrons. The number of fused-ring (bicyclic) bond motifs is 1. The summed E-state index contributed by atoms with van der Waals surface area (Å²) in [5.74, 6) is -0.664. The van der Waals surface area contributed by atoms with Crippen molar-refractivity contribution in [3.05, 3.63) is 64.7 Å². The molecule has 0 fully saturated rings. The van der Waals surface area contributed by atoms with E-state index in [4.69, 9.17) is 4.74 Å². The molecule has 0 bridgehead atoms. The minimum atomic E-state index is -0.469. The van der Waals surface area contributed by atoms with Crippen molar-refractivity contribution in [2.75, 3.05) is 11.9 Å². The van der Waals surface area contributed by atoms with E-state index in [2.05, 4.69) is 36.4 Å². The summed E-state index contributed by atoms with van der Waals surface area (Å²) >= 11 is 3.39. The molecule has 0 aliphatic carbocycles. The van der Waals surface area contributed by atoms with Crippen molar-refractivity contribution in [3.8, 4) is 11.3 Å². The second-order valence-corrected chi connectivity index (χ2v) is 7.56. The van der Waals surface area contributed by atoms with E-state index in [1.165, 1.54) is 6.20 Å². The maximum Gasteiger partial charge on any atom is 0.343 e. The Balaban J connectivity index is 1.60. The number of nitrogens with zero attached hydrogens (tertiary/aromatic N) is 5. The van der Waals surface area contributed by atoms with Crippen LogP contribution >= 0.6 is 15.9 Å². The number of hydrogen-bond acceptors (Lipinski definition) is 6. The lowest BCUT2D eigenvalue weighted by atomic mass is 10.1. The fourth-order valence-electron chi connectivity index (χ4n) is 3.14. The molecule has 0 spiro atoms. The number of halogens is 1. The van der Waals surface area contributed by atoms with Crippen LogP contribution in [0.25, 0.3) is 16.9 Å². The summed E-state index contributed by atoms with van der Waals surface area (Å²) in [6, 6.07) is 9.16. The summed E-state index contributed by atoms with van der Waals surface area (Å²) < 4.78 is 9.13. The number of rotatable bonds is 6. The summed E-state index contributed by atoms with van der Waals surface area (Å²) in [5, 5.41) is 11.4. The van der Waals surface area contributed by atoms with Gasteiger partial charge in [0.25, 0.3) is 0 Å². The second-order valence-electron chi connectivity index (χ2n) is 6.71. The fourth-order valence-corrected chi connectivity index (χ4v) is 3.44. The maximum absolute atomic E-state index is 12.5. The van der Waals surface area contributed by atoms with E-state index in [9.17, 15) is 9.59 Å². The van der Waals surface area contributed by atoms with Crippen LogP contribution in [0.15, 0.2) is 53.4 Å². The highest BCUT2D eigenvalue weighted by molar-refractivity contribution is 9.10. The highest BCUT2D eigenvalue weighted by atomic mass is 79.9. The average molecular weight is 483 g/mol. The van der Waals surface area contributed by atoms with Crippen LogP contribution in [0.3, 0.4) is 0 Å². The van der Waals surface area contributed by atoms with Crippen molar-refractivity contribution in [3.63, 3.8) is 0 Å². The van der Waals surface area contributed by atoms with Gasteiger partial charge in [-0.15, -0.1) is 0 Å². The van der Waals surface area contributed by atoms with Crippen LogP contribution in [0.4, 0.5) is 5.69 Å². The number of aromatic nitrogens is 5. The van der Waals surface area contributed by atoms with Gasteiger partial charge in [0.15, 0.2) is 5.65 Å². The number of anilines is 1. The van der Waals surface area contributed by atoms with Crippen LogP contribution in [0, 0.1) is 6.92 Å². The fraction of sp³-hybridized carbons (Fsp3) is 0.190. The third kappa shape index (κ3) is 4.19. The minimum Gasteiger partial charge on any atom is -0.462 e. The van der Waals surface area contributed by atoms with E-state index in [0.717, 1.165) is 21.4 Å². The Morgan fingerprint density at radius 3 is 2.77 bits per heavy atom. The Morgan fingerprint density at radius 2 is 2.03 bits per heavy atom. The zero-order valence-corrected chi connectivity index (χ0v) is 18.5. The molecule has 0 saturated carbocycles. The zero-order chi connectivity index (χ0) is 22.0. The molecule has 4 rings (SSSR count). The van der Waals surface area contributed by atoms with Crippen molar-refractivity contribution >= 4 is 39.1 Å². The van der Waals surface area contributed by atoms with Crippen molar-refractivity contribution in [1.29, 1.82) is 0 Å². The van der Waals surface area contributed by atoms with Gasteiger partial charge in [0.2, 0.25) is 5.91 Å². The van der Waals surface area contributed by atoms with Gasteiger partial charge in [-0.25, -0.2) is 14.3 Å². The van der Waals surface area contributed by atoms with Crippen molar-refractivity contribution in [1.82, 2.24) is 24.4 Å².